The van der Waals surface area contributed by atoms with Gasteiger partial charge < -0.3 is 10.2 Å². The molecule has 0 aliphatic carbocycles. The molecule has 0 fully saturated rings. The third-order valence-electron chi connectivity index (χ3n) is 4.98. The minimum Gasteiger partial charge on any atom is -0.323 e. The number of aromatic nitrogens is 2. The van der Waals surface area contributed by atoms with Crippen molar-refractivity contribution in [1.29, 1.82) is 0 Å². The molecule has 2 heterocycles. The van der Waals surface area contributed by atoms with Gasteiger partial charge in [-0.25, -0.2) is 4.79 Å². The molecule has 0 bridgehead atoms. The average Bonchev–Trinajstić information content (AvgIpc) is 3.27. The molecule has 1 aliphatic rings. The number of hydrogen-bond acceptors (Lipinski definition) is 4. The van der Waals surface area contributed by atoms with Gasteiger partial charge >= 0.3 is 6.03 Å². The Labute approximate surface area is 173 Å². The number of urea groups is 1. The number of carbonyl (C=O) groups excluding carboxylic acids is 3. The molecule has 1 aliphatic heterocycles. The largest absolute Gasteiger partial charge is 0.323 e. The van der Waals surface area contributed by atoms with Crippen molar-refractivity contribution >= 4 is 23.5 Å². The Morgan fingerprint density at radius 3 is 2.53 bits per heavy atom. The van der Waals surface area contributed by atoms with Crippen LogP contribution in [0.15, 0.2) is 60.9 Å². The van der Waals surface area contributed by atoms with Crippen LogP contribution in [0.25, 0.3) is 0 Å². The molecule has 8 heteroatoms. The first-order valence-corrected chi connectivity index (χ1v) is 9.46. The zero-order valence-corrected chi connectivity index (χ0v) is 16.7. The average molecular weight is 403 g/mol. The summed E-state index contributed by atoms with van der Waals surface area (Å²) in [4.78, 5) is 39.2. The SMILES string of the molecule is CN(Cc1cnn(Cc2ccccc2)c1)C(=O)Nc1ccc2c(c1)C(=O)N(C)C2=O. The van der Waals surface area contributed by atoms with Gasteiger partial charge in [0.15, 0.2) is 0 Å². The van der Waals surface area contributed by atoms with Gasteiger partial charge in [0.05, 0.1) is 30.4 Å². The third kappa shape index (κ3) is 3.80. The summed E-state index contributed by atoms with van der Waals surface area (Å²) >= 11 is 0. The highest BCUT2D eigenvalue weighted by Gasteiger charge is 2.32. The zero-order chi connectivity index (χ0) is 21.3. The summed E-state index contributed by atoms with van der Waals surface area (Å²) in [7, 11) is 3.12. The first-order valence-electron chi connectivity index (χ1n) is 9.46. The quantitative estimate of drug-likeness (QED) is 0.664. The molecule has 0 saturated carbocycles. The van der Waals surface area contributed by atoms with E-state index in [2.05, 4.69) is 10.4 Å². The van der Waals surface area contributed by atoms with Gasteiger partial charge in [0.1, 0.15) is 0 Å². The lowest BCUT2D eigenvalue weighted by Crippen LogP contribution is -2.30. The molecule has 0 saturated heterocycles. The number of hydrogen-bond donors (Lipinski definition) is 1. The van der Waals surface area contributed by atoms with Crippen LogP contribution in [0.1, 0.15) is 31.8 Å². The monoisotopic (exact) mass is 403 g/mol. The molecule has 1 aromatic heterocycles. The van der Waals surface area contributed by atoms with E-state index in [9.17, 15) is 14.4 Å². The Morgan fingerprint density at radius 1 is 1.03 bits per heavy atom. The molecule has 30 heavy (non-hydrogen) atoms. The van der Waals surface area contributed by atoms with Gasteiger partial charge in [0, 0.05) is 31.5 Å². The molecule has 3 aromatic rings. The Bertz CT molecular complexity index is 1120. The number of fused-ring (bicyclic) bond motifs is 1. The van der Waals surface area contributed by atoms with Crippen LogP contribution in [0.4, 0.5) is 10.5 Å². The fourth-order valence-corrected chi connectivity index (χ4v) is 3.35. The van der Waals surface area contributed by atoms with E-state index < -0.39 is 0 Å². The maximum atomic E-state index is 12.6. The number of rotatable bonds is 5. The predicted molar refractivity (Wildman–Crippen MR) is 111 cm³/mol. The summed E-state index contributed by atoms with van der Waals surface area (Å²) in [6, 6.07) is 14.4. The van der Waals surface area contributed by atoms with Crippen molar-refractivity contribution in [1.82, 2.24) is 19.6 Å². The Morgan fingerprint density at radius 2 is 1.77 bits per heavy atom. The fraction of sp³-hybridized carbons (Fsp3) is 0.182. The number of carbonyl (C=O) groups is 3. The maximum Gasteiger partial charge on any atom is 0.321 e. The summed E-state index contributed by atoms with van der Waals surface area (Å²) < 4.78 is 1.83. The van der Waals surface area contributed by atoms with Crippen LogP contribution in [0.2, 0.25) is 0 Å². The molecule has 4 amide bonds. The van der Waals surface area contributed by atoms with Crippen LogP contribution >= 0.6 is 0 Å². The smallest absolute Gasteiger partial charge is 0.321 e. The lowest BCUT2D eigenvalue weighted by molar-refractivity contribution is 0.0693. The number of benzene rings is 2. The van der Waals surface area contributed by atoms with E-state index in [1.54, 1.807) is 25.4 Å². The zero-order valence-electron chi connectivity index (χ0n) is 16.7. The summed E-state index contributed by atoms with van der Waals surface area (Å²) in [6.45, 7) is 1.04. The van der Waals surface area contributed by atoms with Gasteiger partial charge in [-0.2, -0.15) is 5.10 Å². The minimum atomic E-state index is -0.370. The van der Waals surface area contributed by atoms with Crippen LogP contribution in [0.3, 0.4) is 0 Å². The minimum absolute atomic E-state index is 0.296. The number of amides is 4. The highest BCUT2D eigenvalue weighted by Crippen LogP contribution is 2.25. The molecule has 0 radical (unpaired) electrons. The maximum absolute atomic E-state index is 12.6. The fourth-order valence-electron chi connectivity index (χ4n) is 3.35. The second kappa shape index (κ2) is 7.82. The van der Waals surface area contributed by atoms with E-state index >= 15 is 0 Å². The van der Waals surface area contributed by atoms with Crippen molar-refractivity contribution in [3.05, 3.63) is 83.2 Å². The number of nitrogens with zero attached hydrogens (tertiary/aromatic N) is 4. The van der Waals surface area contributed by atoms with Crippen molar-refractivity contribution in [2.24, 2.45) is 0 Å². The van der Waals surface area contributed by atoms with Crippen LogP contribution in [-0.2, 0) is 13.1 Å². The Hall–Kier alpha value is -3.94. The summed E-state index contributed by atoms with van der Waals surface area (Å²) in [5, 5.41) is 7.12. The van der Waals surface area contributed by atoms with Crippen molar-refractivity contribution < 1.29 is 14.4 Å². The van der Waals surface area contributed by atoms with E-state index in [1.165, 1.54) is 18.0 Å². The summed E-state index contributed by atoms with van der Waals surface area (Å²) in [6.07, 6.45) is 3.65. The molecule has 8 nitrogen and oxygen atoms in total. The highest BCUT2D eigenvalue weighted by atomic mass is 16.2. The second-order valence-electron chi connectivity index (χ2n) is 7.25. The van der Waals surface area contributed by atoms with E-state index in [1.807, 2.05) is 41.2 Å². The predicted octanol–water partition coefficient (Wildman–Crippen LogP) is 2.82. The van der Waals surface area contributed by atoms with Gasteiger partial charge in [0.2, 0.25) is 0 Å². The van der Waals surface area contributed by atoms with E-state index in [-0.39, 0.29) is 17.8 Å². The van der Waals surface area contributed by atoms with Gasteiger partial charge in [0.25, 0.3) is 11.8 Å². The third-order valence-corrected chi connectivity index (χ3v) is 4.98. The van der Waals surface area contributed by atoms with E-state index in [4.69, 9.17) is 0 Å². The molecular weight excluding hydrogens is 382 g/mol. The van der Waals surface area contributed by atoms with Crippen LogP contribution < -0.4 is 5.32 Å². The van der Waals surface area contributed by atoms with Gasteiger partial charge in [-0.05, 0) is 23.8 Å². The molecule has 152 valence electrons. The normalized spacial score (nSPS) is 12.8. The molecule has 0 spiro atoms. The van der Waals surface area contributed by atoms with Gasteiger partial charge in [-0.15, -0.1) is 0 Å². The Balaban J connectivity index is 1.38. The lowest BCUT2D eigenvalue weighted by atomic mass is 10.1. The van der Waals surface area contributed by atoms with Crippen LogP contribution in [-0.4, -0.2) is 51.5 Å². The molecule has 2 aromatic carbocycles. The summed E-state index contributed by atoms with van der Waals surface area (Å²) in [5.41, 5.74) is 3.15. The van der Waals surface area contributed by atoms with Crippen molar-refractivity contribution in [3.63, 3.8) is 0 Å². The first kappa shape index (κ1) is 19.4. The topological polar surface area (TPSA) is 87.5 Å². The van der Waals surface area contributed by atoms with Gasteiger partial charge in [-0.3, -0.25) is 19.2 Å². The van der Waals surface area contributed by atoms with Crippen LogP contribution in [0, 0.1) is 0 Å². The lowest BCUT2D eigenvalue weighted by Gasteiger charge is -2.17. The molecular formula is C22H21N5O3. The Kier molecular flexibility index (Phi) is 5.05. The van der Waals surface area contributed by atoms with E-state index in [0.29, 0.717) is 29.9 Å². The first-order chi connectivity index (χ1) is 14.4. The van der Waals surface area contributed by atoms with Gasteiger partial charge in [-0.1, -0.05) is 30.3 Å². The second-order valence-corrected chi connectivity index (χ2v) is 7.25. The molecule has 1 N–H and O–H groups in total. The standard InChI is InChI=1S/C22H21N5O3/c1-25(12-16-11-23-27(14-16)13-15-6-4-3-5-7-15)22(30)24-17-8-9-18-19(10-17)21(29)26(2)20(18)28/h3-11,14H,12-13H2,1-2H3,(H,24,30). The molecule has 0 unspecified atom stereocenters. The van der Waals surface area contributed by atoms with E-state index in [0.717, 1.165) is 16.0 Å². The van der Waals surface area contributed by atoms with Crippen molar-refractivity contribution in [3.8, 4) is 0 Å². The number of nitrogens with one attached hydrogen (secondary N) is 1. The van der Waals surface area contributed by atoms with Crippen LogP contribution in [0.5, 0.6) is 0 Å². The molecule has 4 rings (SSSR count). The molecule has 0 atom stereocenters. The van der Waals surface area contributed by atoms with Crippen molar-refractivity contribution in [2.45, 2.75) is 13.1 Å². The van der Waals surface area contributed by atoms with Crippen molar-refractivity contribution in [2.75, 3.05) is 19.4 Å². The summed E-state index contributed by atoms with van der Waals surface area (Å²) in [5.74, 6) is -0.706. The number of imide groups is 1. The number of anilines is 1. The highest BCUT2D eigenvalue weighted by molar-refractivity contribution is 6.21.